The van der Waals surface area contributed by atoms with Gasteiger partial charge in [0.05, 0.1) is 18.8 Å². The van der Waals surface area contributed by atoms with Crippen LogP contribution in [0.3, 0.4) is 0 Å². The summed E-state index contributed by atoms with van der Waals surface area (Å²) in [5.74, 6) is 3.30. The minimum Gasteiger partial charge on any atom is -0.444 e. The maximum atomic E-state index is 11.4. The molecule has 5 heteroatoms. The Morgan fingerprint density at radius 2 is 2.56 bits per heavy atom. The van der Waals surface area contributed by atoms with Gasteiger partial charge in [-0.25, -0.2) is 4.98 Å². The summed E-state index contributed by atoms with van der Waals surface area (Å²) in [7, 11) is 0. The number of hydrogen-bond donors (Lipinski definition) is 2. The average molecular weight is 221 g/mol. The van der Waals surface area contributed by atoms with E-state index in [1.807, 2.05) is 6.92 Å². The lowest BCUT2D eigenvalue weighted by molar-refractivity contribution is -0.122. The van der Waals surface area contributed by atoms with Gasteiger partial charge in [-0.15, -0.1) is 12.3 Å². The van der Waals surface area contributed by atoms with E-state index < -0.39 is 6.04 Å². The maximum absolute atomic E-state index is 11.4. The zero-order valence-corrected chi connectivity index (χ0v) is 9.19. The highest BCUT2D eigenvalue weighted by atomic mass is 16.4. The number of oxazole rings is 1. The van der Waals surface area contributed by atoms with E-state index >= 15 is 0 Å². The van der Waals surface area contributed by atoms with Crippen LogP contribution in [0.25, 0.3) is 0 Å². The second kappa shape index (κ2) is 5.93. The molecule has 5 nitrogen and oxygen atoms in total. The molecule has 86 valence electrons. The SMILES string of the molecule is C#CCC(N)C(=O)NCc1ncc(CC)o1. The molecular weight excluding hydrogens is 206 g/mol. The molecule has 1 aromatic rings. The topological polar surface area (TPSA) is 81.2 Å². The highest BCUT2D eigenvalue weighted by Crippen LogP contribution is 2.03. The zero-order valence-electron chi connectivity index (χ0n) is 9.19. The number of terminal acetylenes is 1. The van der Waals surface area contributed by atoms with Crippen molar-refractivity contribution in [1.82, 2.24) is 10.3 Å². The molecule has 0 fully saturated rings. The first-order valence-electron chi connectivity index (χ1n) is 5.07. The quantitative estimate of drug-likeness (QED) is 0.696. The molecule has 0 saturated carbocycles. The standard InChI is InChI=1S/C11H15N3O2/c1-3-5-9(12)11(15)14-7-10-13-6-8(4-2)16-10/h1,6,9H,4-5,7,12H2,2H3,(H,14,15). The first-order chi connectivity index (χ1) is 7.67. The van der Waals surface area contributed by atoms with Gasteiger partial charge in [0.15, 0.2) is 0 Å². The lowest BCUT2D eigenvalue weighted by atomic mass is 10.2. The summed E-state index contributed by atoms with van der Waals surface area (Å²) in [4.78, 5) is 15.4. The van der Waals surface area contributed by atoms with Gasteiger partial charge in [-0.1, -0.05) is 6.92 Å². The number of rotatable bonds is 5. The highest BCUT2D eigenvalue weighted by molar-refractivity contribution is 5.81. The summed E-state index contributed by atoms with van der Waals surface area (Å²) in [5, 5.41) is 2.61. The normalized spacial score (nSPS) is 11.8. The minimum absolute atomic E-state index is 0.220. The molecule has 0 aliphatic rings. The van der Waals surface area contributed by atoms with Crippen LogP contribution in [0.5, 0.6) is 0 Å². The first kappa shape index (κ1) is 12.3. The molecule has 0 radical (unpaired) electrons. The Balaban J connectivity index is 2.40. The van der Waals surface area contributed by atoms with Crippen LogP contribution in [0.1, 0.15) is 25.0 Å². The Bertz CT molecular complexity index is 392. The molecule has 0 aromatic carbocycles. The predicted octanol–water partition coefficient (Wildman–Crippen LogP) is 0.204. The van der Waals surface area contributed by atoms with Crippen molar-refractivity contribution < 1.29 is 9.21 Å². The number of carbonyl (C=O) groups excluding carboxylic acids is 1. The third kappa shape index (κ3) is 3.41. The number of nitrogens with two attached hydrogens (primary N) is 1. The van der Waals surface area contributed by atoms with Crippen LogP contribution < -0.4 is 11.1 Å². The van der Waals surface area contributed by atoms with Crippen LogP contribution in [-0.4, -0.2) is 16.9 Å². The lowest BCUT2D eigenvalue weighted by Crippen LogP contribution is -2.39. The van der Waals surface area contributed by atoms with E-state index in [0.717, 1.165) is 12.2 Å². The first-order valence-corrected chi connectivity index (χ1v) is 5.07. The number of aromatic nitrogens is 1. The minimum atomic E-state index is -0.675. The maximum Gasteiger partial charge on any atom is 0.238 e. The highest BCUT2D eigenvalue weighted by Gasteiger charge is 2.12. The number of amides is 1. The summed E-state index contributed by atoms with van der Waals surface area (Å²) in [6, 6.07) is -0.675. The van der Waals surface area contributed by atoms with Crippen LogP contribution in [-0.2, 0) is 17.8 Å². The largest absolute Gasteiger partial charge is 0.444 e. The van der Waals surface area contributed by atoms with Crippen molar-refractivity contribution in [3.63, 3.8) is 0 Å². The van der Waals surface area contributed by atoms with E-state index in [1.54, 1.807) is 6.20 Å². The van der Waals surface area contributed by atoms with Gasteiger partial charge >= 0.3 is 0 Å². The molecule has 1 unspecified atom stereocenters. The van der Waals surface area contributed by atoms with Crippen LogP contribution in [0.4, 0.5) is 0 Å². The Kier molecular flexibility index (Phi) is 4.55. The van der Waals surface area contributed by atoms with Gasteiger partial charge in [-0.3, -0.25) is 4.79 Å². The average Bonchev–Trinajstić information content (AvgIpc) is 2.74. The molecule has 0 aliphatic heterocycles. The Hall–Kier alpha value is -1.80. The lowest BCUT2D eigenvalue weighted by Gasteiger charge is -2.07. The molecule has 0 saturated heterocycles. The third-order valence-corrected chi connectivity index (χ3v) is 2.04. The van der Waals surface area contributed by atoms with Crippen LogP contribution in [0.15, 0.2) is 10.6 Å². The molecule has 1 atom stereocenters. The fourth-order valence-corrected chi connectivity index (χ4v) is 1.11. The molecule has 1 rings (SSSR count). The van der Waals surface area contributed by atoms with Gasteiger partial charge in [0.2, 0.25) is 11.8 Å². The Morgan fingerprint density at radius 1 is 1.81 bits per heavy atom. The van der Waals surface area contributed by atoms with Crippen LogP contribution in [0, 0.1) is 12.3 Å². The number of nitrogens with zero attached hydrogens (tertiary/aromatic N) is 1. The van der Waals surface area contributed by atoms with Crippen molar-refractivity contribution in [2.45, 2.75) is 32.4 Å². The molecule has 1 aromatic heterocycles. The molecular formula is C11H15N3O2. The van der Waals surface area contributed by atoms with Gasteiger partial charge in [0.25, 0.3) is 0 Å². The summed E-state index contributed by atoms with van der Waals surface area (Å²) in [5.41, 5.74) is 5.52. The van der Waals surface area contributed by atoms with E-state index in [0.29, 0.717) is 5.89 Å². The van der Waals surface area contributed by atoms with Gasteiger partial charge < -0.3 is 15.5 Å². The predicted molar refractivity (Wildman–Crippen MR) is 59.2 cm³/mol. The molecule has 1 amide bonds. The second-order valence-corrected chi connectivity index (χ2v) is 3.31. The number of nitrogens with one attached hydrogen (secondary N) is 1. The van der Waals surface area contributed by atoms with Crippen LogP contribution >= 0.6 is 0 Å². The van der Waals surface area contributed by atoms with Crippen molar-refractivity contribution in [2.24, 2.45) is 5.73 Å². The van der Waals surface area contributed by atoms with Gasteiger partial charge in [-0.05, 0) is 0 Å². The van der Waals surface area contributed by atoms with Crippen molar-refractivity contribution in [2.75, 3.05) is 0 Å². The summed E-state index contributed by atoms with van der Waals surface area (Å²) >= 11 is 0. The van der Waals surface area contributed by atoms with Gasteiger partial charge in [-0.2, -0.15) is 0 Å². The zero-order chi connectivity index (χ0) is 12.0. The van der Waals surface area contributed by atoms with Crippen molar-refractivity contribution in [1.29, 1.82) is 0 Å². The monoisotopic (exact) mass is 221 g/mol. The van der Waals surface area contributed by atoms with E-state index in [2.05, 4.69) is 16.2 Å². The third-order valence-electron chi connectivity index (χ3n) is 2.04. The van der Waals surface area contributed by atoms with E-state index in [4.69, 9.17) is 16.6 Å². The fourth-order valence-electron chi connectivity index (χ4n) is 1.11. The number of carbonyl (C=O) groups is 1. The van der Waals surface area contributed by atoms with Crippen LogP contribution in [0.2, 0.25) is 0 Å². The van der Waals surface area contributed by atoms with E-state index in [-0.39, 0.29) is 18.9 Å². The smallest absolute Gasteiger partial charge is 0.238 e. The number of hydrogen-bond acceptors (Lipinski definition) is 4. The van der Waals surface area contributed by atoms with Crippen molar-refractivity contribution in [3.05, 3.63) is 17.8 Å². The summed E-state index contributed by atoms with van der Waals surface area (Å²) < 4.78 is 5.32. The van der Waals surface area contributed by atoms with Crippen molar-refractivity contribution >= 4 is 5.91 Å². The summed E-state index contributed by atoms with van der Waals surface area (Å²) in [6.07, 6.45) is 7.69. The van der Waals surface area contributed by atoms with Crippen molar-refractivity contribution in [3.8, 4) is 12.3 Å². The molecule has 1 heterocycles. The number of aryl methyl sites for hydroxylation is 1. The molecule has 0 bridgehead atoms. The van der Waals surface area contributed by atoms with Gasteiger partial charge in [0.1, 0.15) is 5.76 Å². The van der Waals surface area contributed by atoms with Gasteiger partial charge in [0, 0.05) is 12.8 Å². The second-order valence-electron chi connectivity index (χ2n) is 3.31. The molecule has 0 spiro atoms. The van der Waals surface area contributed by atoms with E-state index in [9.17, 15) is 4.79 Å². The summed E-state index contributed by atoms with van der Waals surface area (Å²) in [6.45, 7) is 2.20. The Labute approximate surface area is 94.4 Å². The molecule has 0 aliphatic carbocycles. The fraction of sp³-hybridized carbons (Fsp3) is 0.455. The molecule has 3 N–H and O–H groups in total. The Morgan fingerprint density at radius 3 is 3.12 bits per heavy atom. The molecule has 16 heavy (non-hydrogen) atoms. The van der Waals surface area contributed by atoms with E-state index in [1.165, 1.54) is 0 Å².